The monoisotopic (exact) mass is 539 g/mol. The van der Waals surface area contributed by atoms with Crippen molar-refractivity contribution in [1.29, 1.82) is 0 Å². The molecule has 1 aromatic heterocycles. The predicted molar refractivity (Wildman–Crippen MR) is 129 cm³/mol. The third kappa shape index (κ3) is 5.07. The van der Waals surface area contributed by atoms with Crippen molar-refractivity contribution in [3.05, 3.63) is 80.5 Å². The number of pyridine rings is 1. The highest BCUT2D eigenvalue weighted by Crippen LogP contribution is 2.37. The number of rotatable bonds is 6. The lowest BCUT2D eigenvalue weighted by Crippen LogP contribution is -2.28. The molecule has 5 nitrogen and oxygen atoms in total. The standard InChI is InChI=1S/C22H20BrCl2N3O2S/c23-19-13-18(14-26-22(19)25)31(29,30)27-10-3-11-28-20-5-2-1-4-15(20)6-7-16-8-9-17(24)12-21(16)28/h1-2,4-5,8-9,12-14,27H,3,6-7,10-11H2. The highest BCUT2D eigenvalue weighted by Gasteiger charge is 2.21. The molecule has 162 valence electrons. The molecule has 31 heavy (non-hydrogen) atoms. The molecular formula is C22H20BrCl2N3O2S. The van der Waals surface area contributed by atoms with Gasteiger partial charge in [0.05, 0.1) is 4.47 Å². The minimum atomic E-state index is -3.68. The maximum Gasteiger partial charge on any atom is 0.242 e. The molecule has 0 fully saturated rings. The number of hydrogen-bond acceptors (Lipinski definition) is 4. The largest absolute Gasteiger partial charge is 0.341 e. The zero-order valence-corrected chi connectivity index (χ0v) is 20.4. The third-order valence-corrected chi connectivity index (χ3v) is 8.01. The van der Waals surface area contributed by atoms with Crippen molar-refractivity contribution in [2.75, 3.05) is 18.0 Å². The number of benzene rings is 2. The minimum Gasteiger partial charge on any atom is -0.341 e. The van der Waals surface area contributed by atoms with Crippen LogP contribution in [0.3, 0.4) is 0 Å². The van der Waals surface area contributed by atoms with Crippen LogP contribution in [0.1, 0.15) is 17.5 Å². The Morgan fingerprint density at radius 2 is 1.77 bits per heavy atom. The molecule has 0 bridgehead atoms. The van der Waals surface area contributed by atoms with Crippen LogP contribution in [-0.2, 0) is 22.9 Å². The van der Waals surface area contributed by atoms with Crippen molar-refractivity contribution >= 4 is 60.5 Å². The van der Waals surface area contributed by atoms with E-state index in [9.17, 15) is 8.42 Å². The summed E-state index contributed by atoms with van der Waals surface area (Å²) < 4.78 is 28.3. The van der Waals surface area contributed by atoms with Crippen molar-refractivity contribution < 1.29 is 8.42 Å². The number of fused-ring (bicyclic) bond motifs is 2. The first-order chi connectivity index (χ1) is 14.8. The highest BCUT2D eigenvalue weighted by molar-refractivity contribution is 9.10. The van der Waals surface area contributed by atoms with E-state index < -0.39 is 10.0 Å². The van der Waals surface area contributed by atoms with Crippen molar-refractivity contribution in [1.82, 2.24) is 9.71 Å². The maximum atomic E-state index is 12.6. The lowest BCUT2D eigenvalue weighted by molar-refractivity contribution is 0.579. The average Bonchev–Trinajstić information content (AvgIpc) is 2.90. The fourth-order valence-corrected chi connectivity index (χ4v) is 5.52. The highest BCUT2D eigenvalue weighted by atomic mass is 79.9. The number of aromatic nitrogens is 1. The molecule has 1 aliphatic rings. The first kappa shape index (κ1) is 22.6. The second-order valence-corrected chi connectivity index (χ2v) is 10.7. The van der Waals surface area contributed by atoms with Crippen LogP contribution in [0, 0.1) is 0 Å². The summed E-state index contributed by atoms with van der Waals surface area (Å²) in [6.45, 7) is 0.937. The fourth-order valence-electron chi connectivity index (χ4n) is 3.70. The molecule has 1 aliphatic heterocycles. The van der Waals surface area contributed by atoms with Crippen molar-refractivity contribution in [3.63, 3.8) is 0 Å². The van der Waals surface area contributed by atoms with Gasteiger partial charge in [-0.25, -0.2) is 18.1 Å². The Morgan fingerprint density at radius 1 is 1.03 bits per heavy atom. The second-order valence-electron chi connectivity index (χ2n) is 7.25. The van der Waals surface area contributed by atoms with Gasteiger partial charge in [0.1, 0.15) is 10.0 Å². The van der Waals surface area contributed by atoms with E-state index in [2.05, 4.69) is 48.7 Å². The maximum absolute atomic E-state index is 12.6. The molecular weight excluding hydrogens is 521 g/mol. The van der Waals surface area contributed by atoms with Gasteiger partial charge in [0.2, 0.25) is 10.0 Å². The van der Waals surface area contributed by atoms with E-state index in [0.717, 1.165) is 24.2 Å². The molecule has 1 N–H and O–H groups in total. The molecule has 3 aromatic rings. The Hall–Kier alpha value is -1.64. The van der Waals surface area contributed by atoms with E-state index in [1.165, 1.54) is 23.4 Å². The number of nitrogens with zero attached hydrogens (tertiary/aromatic N) is 2. The number of sulfonamides is 1. The zero-order valence-electron chi connectivity index (χ0n) is 16.5. The first-order valence-corrected chi connectivity index (χ1v) is 12.8. The topological polar surface area (TPSA) is 62.3 Å². The molecule has 2 heterocycles. The summed E-state index contributed by atoms with van der Waals surface area (Å²) in [7, 11) is -3.68. The number of para-hydroxylation sites is 1. The van der Waals surface area contributed by atoms with Gasteiger partial charge in [-0.15, -0.1) is 0 Å². The molecule has 9 heteroatoms. The Balaban J connectivity index is 1.50. The predicted octanol–water partition coefficient (Wildman–Crippen LogP) is 5.76. The van der Waals surface area contributed by atoms with Gasteiger partial charge >= 0.3 is 0 Å². The zero-order chi connectivity index (χ0) is 22.0. The molecule has 0 unspecified atom stereocenters. The van der Waals surface area contributed by atoms with Gasteiger partial charge in [0, 0.05) is 35.7 Å². The van der Waals surface area contributed by atoms with Crippen LogP contribution in [0.25, 0.3) is 0 Å². The minimum absolute atomic E-state index is 0.0704. The molecule has 0 radical (unpaired) electrons. The average molecular weight is 541 g/mol. The van der Waals surface area contributed by atoms with Crippen LogP contribution in [0.2, 0.25) is 10.2 Å². The number of hydrogen-bond donors (Lipinski definition) is 1. The quantitative estimate of drug-likeness (QED) is 0.319. The van der Waals surface area contributed by atoms with Crippen LogP contribution < -0.4 is 9.62 Å². The van der Waals surface area contributed by atoms with Crippen molar-refractivity contribution in [3.8, 4) is 0 Å². The van der Waals surface area contributed by atoms with Gasteiger partial charge in [0.15, 0.2) is 0 Å². The van der Waals surface area contributed by atoms with Crippen molar-refractivity contribution in [2.45, 2.75) is 24.2 Å². The molecule has 0 aliphatic carbocycles. The summed E-state index contributed by atoms with van der Waals surface area (Å²) in [5.74, 6) is 0. The Bertz CT molecular complexity index is 1220. The molecule has 0 spiro atoms. The van der Waals surface area contributed by atoms with Crippen LogP contribution in [-0.4, -0.2) is 26.5 Å². The van der Waals surface area contributed by atoms with E-state index in [1.807, 2.05) is 24.3 Å². The van der Waals surface area contributed by atoms with Crippen LogP contribution in [0.5, 0.6) is 0 Å². The van der Waals surface area contributed by atoms with Gasteiger partial charge < -0.3 is 4.90 Å². The van der Waals surface area contributed by atoms with Crippen LogP contribution in [0.4, 0.5) is 11.4 Å². The van der Waals surface area contributed by atoms with Gasteiger partial charge in [-0.1, -0.05) is 47.5 Å². The number of nitrogens with one attached hydrogen (secondary N) is 1. The third-order valence-electron chi connectivity index (χ3n) is 5.22. The van der Waals surface area contributed by atoms with E-state index in [-0.39, 0.29) is 16.6 Å². The summed E-state index contributed by atoms with van der Waals surface area (Å²) in [5.41, 5.74) is 4.72. The Labute approximate surface area is 200 Å². The normalized spacial score (nSPS) is 13.5. The molecule has 0 saturated carbocycles. The second kappa shape index (κ2) is 9.46. The summed E-state index contributed by atoms with van der Waals surface area (Å²) in [4.78, 5) is 6.20. The van der Waals surface area contributed by atoms with Crippen molar-refractivity contribution in [2.24, 2.45) is 0 Å². The molecule has 0 atom stereocenters. The van der Waals surface area contributed by atoms with E-state index in [0.29, 0.717) is 22.5 Å². The first-order valence-electron chi connectivity index (χ1n) is 9.80. The van der Waals surface area contributed by atoms with Gasteiger partial charge in [0.25, 0.3) is 0 Å². The lowest BCUT2D eigenvalue weighted by Gasteiger charge is -2.27. The molecule has 4 rings (SSSR count). The summed E-state index contributed by atoms with van der Waals surface area (Å²) in [6.07, 6.45) is 3.75. The lowest BCUT2D eigenvalue weighted by atomic mass is 10.0. The summed E-state index contributed by atoms with van der Waals surface area (Å²) in [5, 5.41) is 0.903. The molecule has 0 saturated heterocycles. The smallest absolute Gasteiger partial charge is 0.242 e. The van der Waals surface area contributed by atoms with Crippen LogP contribution in [0.15, 0.2) is 64.1 Å². The van der Waals surface area contributed by atoms with Gasteiger partial charge in [-0.2, -0.15) is 0 Å². The molecule has 0 amide bonds. The molecule has 2 aromatic carbocycles. The van der Waals surface area contributed by atoms with E-state index in [1.54, 1.807) is 0 Å². The SMILES string of the molecule is O=S(=O)(NCCCN1c2ccccc2CCc2ccc(Cl)cc21)c1cnc(Cl)c(Br)c1. The fraction of sp³-hybridized carbons (Fsp3) is 0.227. The van der Waals surface area contributed by atoms with E-state index in [4.69, 9.17) is 23.2 Å². The Morgan fingerprint density at radius 3 is 2.55 bits per heavy atom. The number of anilines is 2. The Kier molecular flexibility index (Phi) is 6.89. The van der Waals surface area contributed by atoms with Gasteiger partial charge in [-0.3, -0.25) is 0 Å². The number of aryl methyl sites for hydroxylation is 2. The number of halogens is 3. The van der Waals surface area contributed by atoms with Crippen LogP contribution >= 0.6 is 39.1 Å². The summed E-state index contributed by atoms with van der Waals surface area (Å²) >= 11 is 15.4. The summed E-state index contributed by atoms with van der Waals surface area (Å²) in [6, 6.07) is 15.7. The van der Waals surface area contributed by atoms with E-state index >= 15 is 0 Å². The van der Waals surface area contributed by atoms with Gasteiger partial charge in [-0.05, 0) is 70.6 Å².